The molecule has 0 radical (unpaired) electrons. The lowest BCUT2D eigenvalue weighted by molar-refractivity contribution is 0.420. The summed E-state index contributed by atoms with van der Waals surface area (Å²) < 4.78 is 0. The fraction of sp³-hybridized carbons (Fsp3) is 0.0909. The number of aliphatic imine (C=N–C) groups is 4. The molecular formula is C44H34N4. The summed E-state index contributed by atoms with van der Waals surface area (Å²) >= 11 is 0. The predicted molar refractivity (Wildman–Crippen MR) is 198 cm³/mol. The molecule has 4 heteroatoms. The summed E-state index contributed by atoms with van der Waals surface area (Å²) in [7, 11) is 0. The largest absolute Gasteiger partial charge is 0.245 e. The molecule has 0 bridgehead atoms. The maximum Gasteiger partial charge on any atom is 0.165 e. The number of aryl methyl sites for hydroxylation is 2. The lowest BCUT2D eigenvalue weighted by Gasteiger charge is -2.44. The minimum Gasteiger partial charge on any atom is -0.245 e. The van der Waals surface area contributed by atoms with Crippen LogP contribution in [-0.2, 0) is 11.1 Å². The van der Waals surface area contributed by atoms with Crippen molar-refractivity contribution in [3.8, 4) is 0 Å². The van der Waals surface area contributed by atoms with E-state index in [1.165, 1.54) is 0 Å². The Morgan fingerprint density at radius 2 is 0.688 bits per heavy atom. The van der Waals surface area contributed by atoms with Crippen molar-refractivity contribution in [1.82, 2.24) is 0 Å². The highest BCUT2D eigenvalue weighted by Gasteiger charge is 2.64. The molecule has 2 aliphatic heterocycles. The molecule has 2 atom stereocenters. The summed E-state index contributed by atoms with van der Waals surface area (Å²) in [6, 6.07) is 58.8. The highest BCUT2D eigenvalue weighted by Crippen LogP contribution is 2.55. The predicted octanol–water partition coefficient (Wildman–Crippen LogP) is 9.29. The van der Waals surface area contributed by atoms with Crippen molar-refractivity contribution < 1.29 is 0 Å². The van der Waals surface area contributed by atoms with Gasteiger partial charge >= 0.3 is 0 Å². The van der Waals surface area contributed by atoms with Crippen molar-refractivity contribution in [2.45, 2.75) is 24.9 Å². The van der Waals surface area contributed by atoms with Crippen LogP contribution in [0.25, 0.3) is 0 Å². The van der Waals surface area contributed by atoms with E-state index in [4.69, 9.17) is 20.0 Å². The number of hydrogen-bond donors (Lipinski definition) is 0. The van der Waals surface area contributed by atoms with Crippen LogP contribution in [0.15, 0.2) is 190 Å². The zero-order valence-corrected chi connectivity index (χ0v) is 27.0. The van der Waals surface area contributed by atoms with Crippen molar-refractivity contribution >= 4 is 23.1 Å². The van der Waals surface area contributed by atoms with Crippen LogP contribution in [0.5, 0.6) is 0 Å². The van der Waals surface area contributed by atoms with Gasteiger partial charge in [0.1, 0.15) is 0 Å². The monoisotopic (exact) mass is 618 g/mol. The van der Waals surface area contributed by atoms with Crippen LogP contribution in [0.2, 0.25) is 0 Å². The third kappa shape index (κ3) is 4.76. The van der Waals surface area contributed by atoms with Crippen LogP contribution in [0.4, 0.5) is 0 Å². The Labute approximate surface area is 281 Å². The molecule has 2 aliphatic rings. The molecule has 2 heterocycles. The molecule has 6 aromatic carbocycles. The van der Waals surface area contributed by atoms with Crippen molar-refractivity contribution in [1.29, 1.82) is 0 Å². The van der Waals surface area contributed by atoms with E-state index in [9.17, 15) is 0 Å². The van der Waals surface area contributed by atoms with Crippen molar-refractivity contribution in [2.75, 3.05) is 0 Å². The fourth-order valence-electron chi connectivity index (χ4n) is 7.10. The molecule has 0 fully saturated rings. The smallest absolute Gasteiger partial charge is 0.165 e. The first kappa shape index (κ1) is 29.4. The molecule has 230 valence electrons. The molecule has 0 N–H and O–H groups in total. The van der Waals surface area contributed by atoms with E-state index >= 15 is 0 Å². The van der Waals surface area contributed by atoms with Gasteiger partial charge in [0.2, 0.25) is 0 Å². The quantitative estimate of drug-likeness (QED) is 0.171. The van der Waals surface area contributed by atoms with Gasteiger partial charge in [-0.15, -0.1) is 0 Å². The van der Waals surface area contributed by atoms with Gasteiger partial charge in [-0.1, -0.05) is 169 Å². The van der Waals surface area contributed by atoms with Gasteiger partial charge in [0.15, 0.2) is 22.7 Å². The van der Waals surface area contributed by atoms with E-state index in [0.29, 0.717) is 11.7 Å². The van der Waals surface area contributed by atoms with E-state index < -0.39 is 11.1 Å². The summed E-state index contributed by atoms with van der Waals surface area (Å²) in [5.74, 6) is 1.34. The standard InChI is InChI=1S/C44H34N4/c1-31-17-15-23-35(29-31)41-45-39(33-19-7-3-8-20-33)43(47-41,37-25-11-5-12-26-37)44(38-27-13-6-14-28-38)40(34-21-9-4-10-22-34)46-42(48-44)36-24-16-18-32(2)30-36/h3-30H,1-2H3. The van der Waals surface area contributed by atoms with Crippen LogP contribution < -0.4 is 0 Å². The van der Waals surface area contributed by atoms with Gasteiger partial charge in [0.05, 0.1) is 11.4 Å². The molecule has 0 aliphatic carbocycles. The van der Waals surface area contributed by atoms with Crippen molar-refractivity contribution in [3.63, 3.8) is 0 Å². The maximum absolute atomic E-state index is 5.84. The Kier molecular flexibility index (Phi) is 7.34. The zero-order chi connectivity index (χ0) is 32.6. The molecule has 0 saturated carbocycles. The third-order valence-electron chi connectivity index (χ3n) is 9.22. The molecule has 8 rings (SSSR count). The first-order valence-electron chi connectivity index (χ1n) is 16.3. The van der Waals surface area contributed by atoms with Gasteiger partial charge in [0.25, 0.3) is 0 Å². The van der Waals surface area contributed by atoms with Gasteiger partial charge < -0.3 is 0 Å². The second-order valence-corrected chi connectivity index (χ2v) is 12.4. The first-order chi connectivity index (χ1) is 23.6. The maximum atomic E-state index is 5.84. The highest BCUT2D eigenvalue weighted by molar-refractivity contribution is 6.29. The van der Waals surface area contributed by atoms with Crippen LogP contribution >= 0.6 is 0 Å². The van der Waals surface area contributed by atoms with Crippen molar-refractivity contribution in [2.24, 2.45) is 20.0 Å². The minimum atomic E-state index is -1.14. The molecular weight excluding hydrogens is 585 g/mol. The van der Waals surface area contributed by atoms with E-state index in [1.807, 2.05) is 24.3 Å². The van der Waals surface area contributed by atoms with Crippen molar-refractivity contribution in [3.05, 3.63) is 214 Å². The molecule has 4 nitrogen and oxygen atoms in total. The summed E-state index contributed by atoms with van der Waals surface area (Å²) in [5, 5.41) is 0. The number of amidine groups is 2. The first-order valence-corrected chi connectivity index (χ1v) is 16.3. The highest BCUT2D eigenvalue weighted by atomic mass is 15.2. The average Bonchev–Trinajstić information content (AvgIpc) is 3.76. The number of rotatable bonds is 7. The van der Waals surface area contributed by atoms with Crippen LogP contribution in [-0.4, -0.2) is 23.1 Å². The van der Waals surface area contributed by atoms with E-state index in [0.717, 1.165) is 55.9 Å². The second kappa shape index (κ2) is 12.0. The minimum absolute atomic E-state index is 0.670. The topological polar surface area (TPSA) is 49.4 Å². The SMILES string of the molecule is Cc1cccc(C2=NC(c3ccccc3)(C3(c4ccccc4)N=C(c4cccc(C)c4)N=C3c3ccccc3)C(c3ccccc3)=N2)c1. The second-order valence-electron chi connectivity index (χ2n) is 12.4. The normalized spacial score (nSPS) is 20.1. The van der Waals surface area contributed by atoms with E-state index in [2.05, 4.69) is 159 Å². The Morgan fingerprint density at radius 1 is 0.354 bits per heavy atom. The van der Waals surface area contributed by atoms with Crippen LogP contribution in [0.1, 0.15) is 44.5 Å². The van der Waals surface area contributed by atoms with Gasteiger partial charge in [-0.3, -0.25) is 0 Å². The lowest BCUT2D eigenvalue weighted by Crippen LogP contribution is -2.55. The molecule has 48 heavy (non-hydrogen) atoms. The van der Waals surface area contributed by atoms with E-state index in [1.54, 1.807) is 0 Å². The Hall–Kier alpha value is -6.00. The summed E-state index contributed by atoms with van der Waals surface area (Å²) in [4.78, 5) is 22.7. The van der Waals surface area contributed by atoms with Gasteiger partial charge in [-0.2, -0.15) is 0 Å². The number of nitrogens with zero attached hydrogens (tertiary/aromatic N) is 4. The molecule has 2 unspecified atom stereocenters. The van der Waals surface area contributed by atoms with Gasteiger partial charge in [-0.05, 0) is 48.2 Å². The molecule has 0 aromatic heterocycles. The molecule has 0 saturated heterocycles. The average molecular weight is 619 g/mol. The van der Waals surface area contributed by atoms with Gasteiger partial charge in [0, 0.05) is 11.1 Å². The van der Waals surface area contributed by atoms with E-state index in [-0.39, 0.29) is 0 Å². The number of benzene rings is 6. The van der Waals surface area contributed by atoms with Gasteiger partial charge in [-0.25, -0.2) is 20.0 Å². The van der Waals surface area contributed by atoms with Crippen LogP contribution in [0.3, 0.4) is 0 Å². The third-order valence-corrected chi connectivity index (χ3v) is 9.22. The molecule has 0 amide bonds. The summed E-state index contributed by atoms with van der Waals surface area (Å²) in [6.07, 6.45) is 0. The fourth-order valence-corrected chi connectivity index (χ4v) is 7.10. The zero-order valence-electron chi connectivity index (χ0n) is 27.0. The molecule has 6 aromatic rings. The Balaban J connectivity index is 1.56. The van der Waals surface area contributed by atoms with Crippen LogP contribution in [0, 0.1) is 13.8 Å². The summed E-state index contributed by atoms with van der Waals surface area (Å²) in [6.45, 7) is 4.21. The number of hydrogen-bond acceptors (Lipinski definition) is 4. The Bertz CT molecular complexity index is 2070. The Morgan fingerprint density at radius 3 is 1.04 bits per heavy atom. The molecule has 0 spiro atoms. The lowest BCUT2D eigenvalue weighted by atomic mass is 9.62. The summed E-state index contributed by atoms with van der Waals surface area (Å²) in [5.41, 5.74) is 7.51.